The summed E-state index contributed by atoms with van der Waals surface area (Å²) in [6, 6.07) is 6.17. The van der Waals surface area contributed by atoms with Gasteiger partial charge >= 0.3 is 0 Å². The number of hydrogen-bond donors (Lipinski definition) is 1. The summed E-state index contributed by atoms with van der Waals surface area (Å²) in [5.41, 5.74) is 7.37. The van der Waals surface area contributed by atoms with Crippen molar-refractivity contribution in [2.75, 3.05) is 0 Å². The van der Waals surface area contributed by atoms with Gasteiger partial charge in [-0.3, -0.25) is 9.78 Å². The molecule has 1 saturated carbocycles. The monoisotopic (exact) mass is 520 g/mol. The van der Waals surface area contributed by atoms with Gasteiger partial charge in [-0.2, -0.15) is 0 Å². The van der Waals surface area contributed by atoms with Gasteiger partial charge in [-0.1, -0.05) is 12.1 Å². The van der Waals surface area contributed by atoms with E-state index < -0.39 is 34.5 Å². The standard InChI is InChI=1S/C28H27F3N6O/c1-15-9-21(30)26(22(31)10-15)27-20(29)3-4-24(35-27)25(38)13-18-14-33-6-5-19(18)17-11-16(2)28(23(32)12-17)37-8-7-34-36-37/h3-10,14,16-17,23,28H,11-13,32H2,1-2H3/t16-,17+,23+,28-/m0/s1. The molecular formula is C28H27F3N6O. The van der Waals surface area contributed by atoms with Crippen molar-refractivity contribution in [2.24, 2.45) is 11.7 Å². The number of aromatic nitrogens is 5. The Bertz CT molecular complexity index is 1440. The first-order valence-electron chi connectivity index (χ1n) is 12.4. The molecule has 2 N–H and O–H groups in total. The first-order valence-corrected chi connectivity index (χ1v) is 12.4. The molecule has 10 heteroatoms. The lowest BCUT2D eigenvalue weighted by Gasteiger charge is -2.39. The number of rotatable bonds is 6. The molecule has 196 valence electrons. The van der Waals surface area contributed by atoms with Gasteiger partial charge in [0.2, 0.25) is 0 Å². The molecule has 5 rings (SSSR count). The summed E-state index contributed by atoms with van der Waals surface area (Å²) in [5, 5.41) is 8.03. The van der Waals surface area contributed by atoms with Crippen LogP contribution in [0.1, 0.15) is 58.9 Å². The van der Waals surface area contributed by atoms with Gasteiger partial charge in [-0.05, 0) is 78.6 Å². The normalized spacial score (nSPS) is 21.4. The molecule has 0 spiro atoms. The summed E-state index contributed by atoms with van der Waals surface area (Å²) in [7, 11) is 0. The molecular weight excluding hydrogens is 493 g/mol. The van der Waals surface area contributed by atoms with Crippen molar-refractivity contribution in [1.29, 1.82) is 0 Å². The first-order chi connectivity index (χ1) is 18.2. The zero-order valence-corrected chi connectivity index (χ0v) is 21.0. The fourth-order valence-electron chi connectivity index (χ4n) is 5.61. The maximum Gasteiger partial charge on any atom is 0.185 e. The van der Waals surface area contributed by atoms with Gasteiger partial charge in [0, 0.05) is 31.1 Å². The van der Waals surface area contributed by atoms with Gasteiger partial charge in [0.25, 0.3) is 0 Å². The number of carbonyl (C=O) groups is 1. The van der Waals surface area contributed by atoms with E-state index in [-0.39, 0.29) is 36.0 Å². The van der Waals surface area contributed by atoms with E-state index in [0.717, 1.165) is 30.2 Å². The van der Waals surface area contributed by atoms with Gasteiger partial charge in [0.05, 0.1) is 17.8 Å². The predicted molar refractivity (Wildman–Crippen MR) is 135 cm³/mol. The lowest BCUT2D eigenvalue weighted by molar-refractivity contribution is 0.0987. The topological polar surface area (TPSA) is 99.6 Å². The second kappa shape index (κ2) is 10.4. The lowest BCUT2D eigenvalue weighted by Crippen LogP contribution is -2.42. The van der Waals surface area contributed by atoms with E-state index in [0.29, 0.717) is 17.5 Å². The predicted octanol–water partition coefficient (Wildman–Crippen LogP) is 4.97. The smallest absolute Gasteiger partial charge is 0.185 e. The molecule has 0 amide bonds. The fraction of sp³-hybridized carbons (Fsp3) is 0.321. The van der Waals surface area contributed by atoms with E-state index in [1.807, 2.05) is 12.3 Å². The Morgan fingerprint density at radius 3 is 2.53 bits per heavy atom. The van der Waals surface area contributed by atoms with Gasteiger partial charge < -0.3 is 5.73 Å². The number of carbonyl (C=O) groups excluding carboxylic acids is 1. The zero-order chi connectivity index (χ0) is 27.0. The summed E-state index contributed by atoms with van der Waals surface area (Å²) in [5.74, 6) is -2.92. The largest absolute Gasteiger partial charge is 0.326 e. The molecule has 7 nitrogen and oxygen atoms in total. The highest BCUT2D eigenvalue weighted by Gasteiger charge is 2.36. The molecule has 1 aromatic carbocycles. The first kappa shape index (κ1) is 25.7. The molecule has 4 atom stereocenters. The van der Waals surface area contributed by atoms with Crippen molar-refractivity contribution in [3.8, 4) is 11.3 Å². The Kier molecular flexibility index (Phi) is 7.07. The minimum absolute atomic E-state index is 0.0186. The minimum Gasteiger partial charge on any atom is -0.326 e. The van der Waals surface area contributed by atoms with E-state index in [1.165, 1.54) is 13.0 Å². The Morgan fingerprint density at radius 2 is 1.84 bits per heavy atom. The van der Waals surface area contributed by atoms with Crippen molar-refractivity contribution >= 4 is 5.78 Å². The maximum atomic E-state index is 14.6. The van der Waals surface area contributed by atoms with E-state index in [1.54, 1.807) is 23.3 Å². The third kappa shape index (κ3) is 4.96. The lowest BCUT2D eigenvalue weighted by atomic mass is 9.72. The Balaban J connectivity index is 1.40. The molecule has 0 saturated heterocycles. The van der Waals surface area contributed by atoms with Crippen LogP contribution < -0.4 is 5.73 Å². The third-order valence-corrected chi connectivity index (χ3v) is 7.27. The summed E-state index contributed by atoms with van der Waals surface area (Å²) in [6.07, 6.45) is 8.23. The van der Waals surface area contributed by atoms with E-state index in [4.69, 9.17) is 5.73 Å². The molecule has 4 aromatic rings. The summed E-state index contributed by atoms with van der Waals surface area (Å²) < 4.78 is 45.5. The SMILES string of the molecule is Cc1cc(F)c(-c2nc(C(=O)Cc3cnccc3[C@H]3C[C@@H](N)[C@@H](n4ccnn4)[C@@H](C)C3)ccc2F)c(F)c1. The zero-order valence-electron chi connectivity index (χ0n) is 21.0. The molecule has 3 aromatic heterocycles. The van der Waals surface area contributed by atoms with Crippen molar-refractivity contribution in [3.63, 3.8) is 0 Å². The maximum absolute atomic E-state index is 14.6. The summed E-state index contributed by atoms with van der Waals surface area (Å²) >= 11 is 0. The van der Waals surface area contributed by atoms with Crippen LogP contribution in [0.25, 0.3) is 11.3 Å². The van der Waals surface area contributed by atoms with Crippen LogP contribution in [0, 0.1) is 30.3 Å². The van der Waals surface area contributed by atoms with Crippen LogP contribution in [-0.2, 0) is 6.42 Å². The van der Waals surface area contributed by atoms with Crippen LogP contribution in [0.4, 0.5) is 13.2 Å². The van der Waals surface area contributed by atoms with E-state index in [2.05, 4.69) is 27.2 Å². The minimum atomic E-state index is -0.944. The molecule has 0 unspecified atom stereocenters. The highest BCUT2D eigenvalue weighted by Crippen LogP contribution is 2.42. The van der Waals surface area contributed by atoms with Crippen LogP contribution >= 0.6 is 0 Å². The average Bonchev–Trinajstić information content (AvgIpc) is 3.39. The van der Waals surface area contributed by atoms with Crippen molar-refractivity contribution < 1.29 is 18.0 Å². The van der Waals surface area contributed by atoms with Crippen molar-refractivity contribution in [3.05, 3.63) is 95.0 Å². The van der Waals surface area contributed by atoms with Crippen LogP contribution in [0.3, 0.4) is 0 Å². The number of pyridine rings is 2. The van der Waals surface area contributed by atoms with Crippen molar-refractivity contribution in [2.45, 2.75) is 51.1 Å². The molecule has 0 bridgehead atoms. The van der Waals surface area contributed by atoms with Gasteiger partial charge in [-0.15, -0.1) is 5.10 Å². The van der Waals surface area contributed by atoms with Crippen LogP contribution in [0.15, 0.2) is 55.1 Å². The van der Waals surface area contributed by atoms with Gasteiger partial charge in [-0.25, -0.2) is 22.8 Å². The Morgan fingerprint density at radius 1 is 1.08 bits per heavy atom. The molecule has 38 heavy (non-hydrogen) atoms. The summed E-state index contributed by atoms with van der Waals surface area (Å²) in [4.78, 5) is 21.5. The number of nitrogens with two attached hydrogens (primary N) is 1. The molecule has 1 fully saturated rings. The second-order valence-corrected chi connectivity index (χ2v) is 9.99. The van der Waals surface area contributed by atoms with Crippen LogP contribution in [0.2, 0.25) is 0 Å². The van der Waals surface area contributed by atoms with Gasteiger partial charge in [0.15, 0.2) is 5.78 Å². The molecule has 3 heterocycles. The number of nitrogens with zero attached hydrogens (tertiary/aromatic N) is 5. The average molecular weight is 521 g/mol. The fourth-order valence-corrected chi connectivity index (χ4v) is 5.61. The molecule has 0 aliphatic heterocycles. The number of hydrogen-bond acceptors (Lipinski definition) is 6. The second-order valence-electron chi connectivity index (χ2n) is 9.99. The molecule has 1 aliphatic carbocycles. The molecule has 1 aliphatic rings. The van der Waals surface area contributed by atoms with Crippen LogP contribution in [-0.4, -0.2) is 36.8 Å². The quantitative estimate of drug-likeness (QED) is 0.361. The highest BCUT2D eigenvalue weighted by atomic mass is 19.1. The van der Waals surface area contributed by atoms with E-state index >= 15 is 0 Å². The summed E-state index contributed by atoms with van der Waals surface area (Å²) in [6.45, 7) is 3.65. The Labute approximate surface area is 217 Å². The van der Waals surface area contributed by atoms with Crippen molar-refractivity contribution in [1.82, 2.24) is 25.0 Å². The number of Topliss-reactive ketones (excluding diaryl/α,β-unsaturated/α-hetero) is 1. The number of benzene rings is 1. The van der Waals surface area contributed by atoms with Crippen LogP contribution in [0.5, 0.6) is 0 Å². The number of ketones is 1. The molecule has 0 radical (unpaired) electrons. The Hall–Kier alpha value is -3.92. The van der Waals surface area contributed by atoms with Gasteiger partial charge in [0.1, 0.15) is 28.8 Å². The highest BCUT2D eigenvalue weighted by molar-refractivity contribution is 5.96. The third-order valence-electron chi connectivity index (χ3n) is 7.27. The number of aryl methyl sites for hydroxylation is 1. The number of halogens is 3. The van der Waals surface area contributed by atoms with E-state index in [9.17, 15) is 18.0 Å².